The second kappa shape index (κ2) is 9.68. The number of carbonyl (C=O) groups excluding carboxylic acids is 2. The van der Waals surface area contributed by atoms with Crippen molar-refractivity contribution in [3.05, 3.63) is 59.9 Å². The lowest BCUT2D eigenvalue weighted by Gasteiger charge is -2.21. The third kappa shape index (κ3) is 6.71. The number of rotatable bonds is 8. The molecule has 0 saturated carbocycles. The van der Waals surface area contributed by atoms with Gasteiger partial charge in [-0.05, 0) is 36.9 Å². The van der Waals surface area contributed by atoms with Crippen LogP contribution < -0.4 is 10.1 Å². The minimum atomic E-state index is -0.307. The van der Waals surface area contributed by atoms with Crippen molar-refractivity contribution < 1.29 is 18.7 Å². The van der Waals surface area contributed by atoms with Gasteiger partial charge < -0.3 is 15.0 Å². The van der Waals surface area contributed by atoms with Gasteiger partial charge in [0.1, 0.15) is 11.6 Å². The molecular weight excluding hydrogens is 349 g/mol. The fourth-order valence-corrected chi connectivity index (χ4v) is 2.56. The highest BCUT2D eigenvalue weighted by Crippen LogP contribution is 2.16. The monoisotopic (exact) mass is 373 g/mol. The Morgan fingerprint density at radius 3 is 2.52 bits per heavy atom. The van der Waals surface area contributed by atoms with Crippen LogP contribution in [0.2, 0.25) is 0 Å². The second-order valence-corrected chi connectivity index (χ2v) is 6.33. The number of methoxy groups -OCH3 is 1. The third-order valence-corrected chi connectivity index (χ3v) is 3.91. The fourth-order valence-electron chi connectivity index (χ4n) is 2.56. The van der Waals surface area contributed by atoms with Crippen molar-refractivity contribution in [2.75, 3.05) is 39.6 Å². The molecule has 0 aromatic heterocycles. The van der Waals surface area contributed by atoms with E-state index in [4.69, 9.17) is 4.74 Å². The van der Waals surface area contributed by atoms with E-state index in [9.17, 15) is 14.0 Å². The maximum Gasteiger partial charge on any atom is 0.243 e. The zero-order chi connectivity index (χ0) is 19.8. The number of benzene rings is 2. The SMILES string of the molecule is COc1cccc(NC(=O)CN(C)C(=O)CN(C)Cc2cccc(F)c2)c1. The largest absolute Gasteiger partial charge is 0.497 e. The van der Waals surface area contributed by atoms with E-state index in [-0.39, 0.29) is 30.7 Å². The number of hydrogen-bond donors (Lipinski definition) is 1. The lowest BCUT2D eigenvalue weighted by Crippen LogP contribution is -2.40. The molecule has 6 nitrogen and oxygen atoms in total. The summed E-state index contributed by atoms with van der Waals surface area (Å²) in [6.07, 6.45) is 0. The first-order valence-corrected chi connectivity index (χ1v) is 8.48. The zero-order valence-electron chi connectivity index (χ0n) is 15.7. The molecule has 0 aliphatic heterocycles. The Bertz CT molecular complexity index is 798. The number of nitrogens with zero attached hydrogens (tertiary/aromatic N) is 2. The first-order valence-electron chi connectivity index (χ1n) is 8.48. The molecular formula is C20H24FN3O3. The van der Waals surface area contributed by atoms with Crippen molar-refractivity contribution in [2.45, 2.75) is 6.54 Å². The van der Waals surface area contributed by atoms with Crippen molar-refractivity contribution >= 4 is 17.5 Å². The predicted molar refractivity (Wildman–Crippen MR) is 102 cm³/mol. The van der Waals surface area contributed by atoms with Crippen LogP contribution in [0.4, 0.5) is 10.1 Å². The lowest BCUT2D eigenvalue weighted by molar-refractivity contribution is -0.134. The van der Waals surface area contributed by atoms with Crippen LogP contribution in [-0.2, 0) is 16.1 Å². The number of carbonyl (C=O) groups is 2. The highest BCUT2D eigenvalue weighted by atomic mass is 19.1. The van der Waals surface area contributed by atoms with Crippen molar-refractivity contribution in [2.24, 2.45) is 0 Å². The van der Waals surface area contributed by atoms with Gasteiger partial charge in [0, 0.05) is 25.3 Å². The maximum atomic E-state index is 13.2. The van der Waals surface area contributed by atoms with E-state index in [1.54, 1.807) is 62.5 Å². The summed E-state index contributed by atoms with van der Waals surface area (Å²) in [5.74, 6) is -0.170. The standard InChI is InChI=1S/C20H24FN3O3/c1-23(12-15-6-4-7-16(21)10-15)14-20(26)24(2)13-19(25)22-17-8-5-9-18(11-17)27-3/h4-11H,12-14H2,1-3H3,(H,22,25). The molecule has 1 N–H and O–H groups in total. The fraction of sp³-hybridized carbons (Fsp3) is 0.300. The van der Waals surface area contributed by atoms with Gasteiger partial charge in [-0.1, -0.05) is 18.2 Å². The van der Waals surface area contributed by atoms with Crippen LogP contribution in [0.25, 0.3) is 0 Å². The highest BCUT2D eigenvalue weighted by molar-refractivity contribution is 5.94. The van der Waals surface area contributed by atoms with E-state index < -0.39 is 0 Å². The number of hydrogen-bond acceptors (Lipinski definition) is 4. The van der Waals surface area contributed by atoms with Gasteiger partial charge in [0.05, 0.1) is 20.2 Å². The van der Waals surface area contributed by atoms with Gasteiger partial charge in [-0.2, -0.15) is 0 Å². The summed E-state index contributed by atoms with van der Waals surface area (Å²) in [6.45, 7) is 0.497. The summed E-state index contributed by atoms with van der Waals surface area (Å²) in [6, 6.07) is 13.2. The summed E-state index contributed by atoms with van der Waals surface area (Å²) in [5.41, 5.74) is 1.38. The van der Waals surface area contributed by atoms with E-state index >= 15 is 0 Å². The average molecular weight is 373 g/mol. The van der Waals surface area contributed by atoms with Crippen LogP contribution in [0, 0.1) is 5.82 Å². The van der Waals surface area contributed by atoms with Gasteiger partial charge in [-0.25, -0.2) is 4.39 Å². The normalized spacial score (nSPS) is 10.6. The smallest absolute Gasteiger partial charge is 0.243 e. The van der Waals surface area contributed by atoms with Gasteiger partial charge in [-0.3, -0.25) is 14.5 Å². The Balaban J connectivity index is 1.82. The Kier molecular flexibility index (Phi) is 7.31. The molecule has 0 fully saturated rings. The van der Waals surface area contributed by atoms with Crippen molar-refractivity contribution in [1.82, 2.24) is 9.80 Å². The molecule has 0 saturated heterocycles. The summed E-state index contributed by atoms with van der Waals surface area (Å²) < 4.78 is 18.3. The number of nitrogens with one attached hydrogen (secondary N) is 1. The van der Waals surface area contributed by atoms with Crippen LogP contribution in [0.3, 0.4) is 0 Å². The van der Waals surface area contributed by atoms with Crippen LogP contribution in [0.15, 0.2) is 48.5 Å². The topological polar surface area (TPSA) is 61.9 Å². The molecule has 27 heavy (non-hydrogen) atoms. The molecule has 0 unspecified atom stereocenters. The number of halogens is 1. The van der Waals surface area contributed by atoms with Gasteiger partial charge >= 0.3 is 0 Å². The third-order valence-electron chi connectivity index (χ3n) is 3.91. The van der Waals surface area contributed by atoms with E-state index in [0.717, 1.165) is 5.56 Å². The van der Waals surface area contributed by atoms with Crippen molar-refractivity contribution in [3.63, 3.8) is 0 Å². The Hall–Kier alpha value is -2.93. The Morgan fingerprint density at radius 1 is 1.07 bits per heavy atom. The van der Waals surface area contributed by atoms with Gasteiger partial charge in [0.25, 0.3) is 0 Å². The molecule has 2 aromatic carbocycles. The van der Waals surface area contributed by atoms with Gasteiger partial charge in [0.15, 0.2) is 0 Å². The van der Waals surface area contributed by atoms with Crippen LogP contribution in [-0.4, -0.2) is 55.9 Å². The predicted octanol–water partition coefficient (Wildman–Crippen LogP) is 2.36. The Labute approximate surface area is 158 Å². The molecule has 144 valence electrons. The molecule has 0 atom stereocenters. The minimum absolute atomic E-state index is 0.0656. The quantitative estimate of drug-likeness (QED) is 0.772. The van der Waals surface area contributed by atoms with E-state index in [1.165, 1.54) is 17.0 Å². The highest BCUT2D eigenvalue weighted by Gasteiger charge is 2.15. The molecule has 2 amide bonds. The summed E-state index contributed by atoms with van der Waals surface area (Å²) in [4.78, 5) is 27.6. The number of ether oxygens (including phenoxy) is 1. The number of likely N-dealkylation sites (N-methyl/N-ethyl adjacent to an activating group) is 2. The molecule has 0 radical (unpaired) electrons. The molecule has 0 aliphatic carbocycles. The summed E-state index contributed by atoms with van der Waals surface area (Å²) in [5, 5.41) is 2.73. The van der Waals surface area contributed by atoms with Crippen LogP contribution >= 0.6 is 0 Å². The lowest BCUT2D eigenvalue weighted by atomic mass is 10.2. The molecule has 7 heteroatoms. The molecule has 2 aromatic rings. The number of amides is 2. The molecule has 0 heterocycles. The van der Waals surface area contributed by atoms with E-state index in [1.807, 2.05) is 0 Å². The van der Waals surface area contributed by atoms with E-state index in [0.29, 0.717) is 18.0 Å². The van der Waals surface area contributed by atoms with Crippen LogP contribution in [0.5, 0.6) is 5.75 Å². The summed E-state index contributed by atoms with van der Waals surface area (Å²) >= 11 is 0. The maximum absolute atomic E-state index is 13.2. The molecule has 0 bridgehead atoms. The molecule has 0 spiro atoms. The average Bonchev–Trinajstić information content (AvgIpc) is 2.61. The molecule has 0 aliphatic rings. The van der Waals surface area contributed by atoms with E-state index in [2.05, 4.69) is 5.32 Å². The second-order valence-electron chi connectivity index (χ2n) is 6.33. The number of anilines is 1. The summed E-state index contributed by atoms with van der Waals surface area (Å²) in [7, 11) is 4.89. The molecule has 2 rings (SSSR count). The van der Waals surface area contributed by atoms with Crippen LogP contribution in [0.1, 0.15) is 5.56 Å². The van der Waals surface area contributed by atoms with Gasteiger partial charge in [0.2, 0.25) is 11.8 Å². The van der Waals surface area contributed by atoms with Crippen molar-refractivity contribution in [3.8, 4) is 5.75 Å². The Morgan fingerprint density at radius 2 is 1.81 bits per heavy atom. The first kappa shape index (κ1) is 20.4. The van der Waals surface area contributed by atoms with Gasteiger partial charge in [-0.15, -0.1) is 0 Å². The first-order chi connectivity index (χ1) is 12.9. The minimum Gasteiger partial charge on any atom is -0.497 e. The van der Waals surface area contributed by atoms with Crippen molar-refractivity contribution in [1.29, 1.82) is 0 Å². The zero-order valence-corrected chi connectivity index (χ0v) is 15.7.